The second-order valence-corrected chi connectivity index (χ2v) is 2.81. The summed E-state index contributed by atoms with van der Waals surface area (Å²) in [6, 6.07) is 0. The Bertz CT molecular complexity index is 305. The van der Waals surface area contributed by atoms with Crippen LogP contribution in [0.15, 0.2) is 15.5 Å². The van der Waals surface area contributed by atoms with Gasteiger partial charge in [0.05, 0.1) is 10.2 Å². The monoisotopic (exact) mass is 202 g/mol. The summed E-state index contributed by atoms with van der Waals surface area (Å²) in [5.41, 5.74) is 6.71. The van der Waals surface area contributed by atoms with Gasteiger partial charge in [0, 0.05) is 6.20 Å². The van der Waals surface area contributed by atoms with E-state index in [4.69, 9.17) is 5.73 Å². The summed E-state index contributed by atoms with van der Waals surface area (Å²) in [4.78, 5) is 13.3. The predicted octanol–water partition coefficient (Wildman–Crippen LogP) is 1.03. The van der Waals surface area contributed by atoms with E-state index in [0.29, 0.717) is 10.2 Å². The number of H-pyrrole nitrogens is 1. The summed E-state index contributed by atoms with van der Waals surface area (Å²) in [7, 11) is 0. The number of hydrogen-bond donors (Lipinski definition) is 2. The molecule has 1 aromatic heterocycles. The summed E-state index contributed by atoms with van der Waals surface area (Å²) in [5, 5.41) is 0. The standard InChI is InChI=1S/C6H7BrN2O/c1-3-4(8)2-9-6(10)5(3)7/h2H,8H2,1H3,(H,9,10). The first kappa shape index (κ1) is 7.34. The molecule has 1 aromatic rings. The van der Waals surface area contributed by atoms with Crippen molar-refractivity contribution in [3.05, 3.63) is 26.6 Å². The van der Waals surface area contributed by atoms with E-state index in [1.54, 1.807) is 6.92 Å². The summed E-state index contributed by atoms with van der Waals surface area (Å²) in [6.45, 7) is 1.79. The first-order valence-corrected chi connectivity index (χ1v) is 3.55. The third-order valence-electron chi connectivity index (χ3n) is 1.32. The number of aromatic amines is 1. The van der Waals surface area contributed by atoms with Crippen molar-refractivity contribution in [1.29, 1.82) is 0 Å². The summed E-state index contributed by atoms with van der Waals surface area (Å²) in [5.74, 6) is 0. The SMILES string of the molecule is Cc1c(N)c[nH]c(=O)c1Br. The van der Waals surface area contributed by atoms with Crippen molar-refractivity contribution in [3.63, 3.8) is 0 Å². The van der Waals surface area contributed by atoms with Crippen molar-refractivity contribution >= 4 is 21.6 Å². The fourth-order valence-corrected chi connectivity index (χ4v) is 0.955. The topological polar surface area (TPSA) is 58.9 Å². The van der Waals surface area contributed by atoms with Gasteiger partial charge in [0.1, 0.15) is 0 Å². The van der Waals surface area contributed by atoms with Gasteiger partial charge in [0.15, 0.2) is 0 Å². The maximum absolute atomic E-state index is 10.8. The van der Waals surface area contributed by atoms with Crippen LogP contribution in [0.2, 0.25) is 0 Å². The van der Waals surface area contributed by atoms with Crippen LogP contribution in [0, 0.1) is 6.92 Å². The van der Waals surface area contributed by atoms with Crippen molar-refractivity contribution in [2.75, 3.05) is 5.73 Å². The smallest absolute Gasteiger partial charge is 0.262 e. The Hall–Kier alpha value is -0.770. The third-order valence-corrected chi connectivity index (χ3v) is 2.28. The molecule has 0 bridgehead atoms. The third kappa shape index (κ3) is 1.07. The fourth-order valence-electron chi connectivity index (χ4n) is 0.612. The largest absolute Gasteiger partial charge is 0.397 e. The lowest BCUT2D eigenvalue weighted by Crippen LogP contribution is -2.09. The number of hydrogen-bond acceptors (Lipinski definition) is 2. The number of nitrogen functional groups attached to an aromatic ring is 1. The van der Waals surface area contributed by atoms with Gasteiger partial charge in [0.2, 0.25) is 0 Å². The van der Waals surface area contributed by atoms with E-state index in [2.05, 4.69) is 20.9 Å². The Morgan fingerprint density at radius 1 is 1.70 bits per heavy atom. The fraction of sp³-hybridized carbons (Fsp3) is 0.167. The van der Waals surface area contributed by atoms with Gasteiger partial charge in [-0.1, -0.05) is 0 Å². The molecule has 0 amide bonds. The Kier molecular flexibility index (Phi) is 1.80. The molecule has 0 aliphatic heterocycles. The number of pyridine rings is 1. The molecule has 0 atom stereocenters. The van der Waals surface area contributed by atoms with Crippen molar-refractivity contribution in [3.8, 4) is 0 Å². The molecule has 4 heteroatoms. The summed E-state index contributed by atoms with van der Waals surface area (Å²) >= 11 is 3.11. The molecule has 0 saturated carbocycles. The van der Waals surface area contributed by atoms with Gasteiger partial charge in [-0.3, -0.25) is 4.79 Å². The Morgan fingerprint density at radius 3 is 2.80 bits per heavy atom. The average Bonchev–Trinajstić information content (AvgIpc) is 1.93. The lowest BCUT2D eigenvalue weighted by molar-refractivity contribution is 1.19. The molecule has 0 unspecified atom stereocenters. The second kappa shape index (κ2) is 2.46. The molecule has 0 aliphatic carbocycles. The highest BCUT2D eigenvalue weighted by Gasteiger charge is 2.01. The summed E-state index contributed by atoms with van der Waals surface area (Å²) < 4.78 is 0.507. The molecular weight excluding hydrogens is 196 g/mol. The van der Waals surface area contributed by atoms with Gasteiger partial charge < -0.3 is 10.7 Å². The van der Waals surface area contributed by atoms with Gasteiger partial charge in [-0.2, -0.15) is 0 Å². The van der Waals surface area contributed by atoms with Crippen molar-refractivity contribution in [2.24, 2.45) is 0 Å². The van der Waals surface area contributed by atoms with E-state index in [0.717, 1.165) is 5.56 Å². The minimum absolute atomic E-state index is 0.147. The first-order valence-electron chi connectivity index (χ1n) is 2.76. The van der Waals surface area contributed by atoms with E-state index in [-0.39, 0.29) is 5.56 Å². The van der Waals surface area contributed by atoms with Crippen molar-refractivity contribution in [1.82, 2.24) is 4.98 Å². The molecular formula is C6H7BrN2O. The van der Waals surface area contributed by atoms with Crippen LogP contribution in [-0.2, 0) is 0 Å². The van der Waals surface area contributed by atoms with Crippen LogP contribution in [0.3, 0.4) is 0 Å². The molecule has 3 nitrogen and oxygen atoms in total. The van der Waals surface area contributed by atoms with Gasteiger partial charge in [-0.15, -0.1) is 0 Å². The van der Waals surface area contributed by atoms with Crippen LogP contribution in [0.5, 0.6) is 0 Å². The van der Waals surface area contributed by atoms with Crippen LogP contribution in [0.4, 0.5) is 5.69 Å². The van der Waals surface area contributed by atoms with Gasteiger partial charge >= 0.3 is 0 Å². The number of nitrogens with one attached hydrogen (secondary N) is 1. The Balaban J connectivity index is 3.49. The van der Waals surface area contributed by atoms with Gasteiger partial charge in [-0.25, -0.2) is 0 Å². The lowest BCUT2D eigenvalue weighted by Gasteiger charge is -1.98. The normalized spacial score (nSPS) is 9.80. The number of rotatable bonds is 0. The Labute approximate surface area is 66.4 Å². The minimum Gasteiger partial charge on any atom is -0.397 e. The van der Waals surface area contributed by atoms with Crippen LogP contribution >= 0.6 is 15.9 Å². The van der Waals surface area contributed by atoms with Crippen LogP contribution in [0.1, 0.15) is 5.56 Å². The molecule has 3 N–H and O–H groups in total. The zero-order valence-corrected chi connectivity index (χ0v) is 7.03. The highest BCUT2D eigenvalue weighted by atomic mass is 79.9. The molecule has 0 saturated heterocycles. The number of nitrogens with two attached hydrogens (primary N) is 1. The van der Waals surface area contributed by atoms with E-state index in [1.807, 2.05) is 0 Å². The molecule has 54 valence electrons. The van der Waals surface area contributed by atoms with Gasteiger partial charge in [0.25, 0.3) is 5.56 Å². The highest BCUT2D eigenvalue weighted by molar-refractivity contribution is 9.10. The predicted molar refractivity (Wildman–Crippen MR) is 43.9 cm³/mol. The second-order valence-electron chi connectivity index (χ2n) is 2.01. The molecule has 0 aromatic carbocycles. The molecule has 0 aliphatic rings. The van der Waals surface area contributed by atoms with Crippen LogP contribution in [-0.4, -0.2) is 4.98 Å². The maximum atomic E-state index is 10.8. The first-order chi connectivity index (χ1) is 4.63. The maximum Gasteiger partial charge on any atom is 0.262 e. The van der Waals surface area contributed by atoms with Crippen molar-refractivity contribution in [2.45, 2.75) is 6.92 Å². The van der Waals surface area contributed by atoms with E-state index in [1.165, 1.54) is 6.20 Å². The van der Waals surface area contributed by atoms with Crippen LogP contribution in [0.25, 0.3) is 0 Å². The molecule has 0 spiro atoms. The number of anilines is 1. The minimum atomic E-state index is -0.147. The highest BCUT2D eigenvalue weighted by Crippen LogP contribution is 2.14. The molecule has 0 radical (unpaired) electrons. The molecule has 1 heterocycles. The zero-order valence-electron chi connectivity index (χ0n) is 5.44. The lowest BCUT2D eigenvalue weighted by atomic mass is 10.3. The van der Waals surface area contributed by atoms with Gasteiger partial charge in [-0.05, 0) is 28.4 Å². The van der Waals surface area contributed by atoms with E-state index in [9.17, 15) is 4.79 Å². The molecule has 0 fully saturated rings. The molecule has 10 heavy (non-hydrogen) atoms. The molecule has 1 rings (SSSR count). The average molecular weight is 203 g/mol. The Morgan fingerprint density at radius 2 is 2.30 bits per heavy atom. The van der Waals surface area contributed by atoms with E-state index < -0.39 is 0 Å². The number of halogens is 1. The quantitative estimate of drug-likeness (QED) is 0.661. The van der Waals surface area contributed by atoms with E-state index >= 15 is 0 Å². The van der Waals surface area contributed by atoms with Crippen molar-refractivity contribution < 1.29 is 0 Å². The summed E-state index contributed by atoms with van der Waals surface area (Å²) in [6.07, 6.45) is 1.49. The number of aromatic nitrogens is 1. The van der Waals surface area contributed by atoms with Crippen LogP contribution < -0.4 is 11.3 Å². The zero-order chi connectivity index (χ0) is 7.72.